The number of anilines is 1. The molecule has 3 N–H and O–H groups in total. The molecule has 2 rings (SSSR count). The summed E-state index contributed by atoms with van der Waals surface area (Å²) in [5.74, 6) is -1.03. The van der Waals surface area contributed by atoms with Crippen molar-refractivity contribution in [1.82, 2.24) is 0 Å². The number of hydrogen-bond donors (Lipinski definition) is 2. The summed E-state index contributed by atoms with van der Waals surface area (Å²) in [6.07, 6.45) is -1.01. The van der Waals surface area contributed by atoms with E-state index < -0.39 is 33.3 Å². The second kappa shape index (κ2) is 9.03. The van der Waals surface area contributed by atoms with Crippen molar-refractivity contribution in [3.63, 3.8) is 0 Å². The van der Waals surface area contributed by atoms with Gasteiger partial charge in [0.15, 0.2) is 6.10 Å². The van der Waals surface area contributed by atoms with Gasteiger partial charge in [-0.1, -0.05) is 18.2 Å². The maximum Gasteiger partial charge on any atom is 0.319 e. The lowest BCUT2D eigenvalue weighted by Gasteiger charge is -2.16. The number of thioether (sulfide) groups is 1. The molecule has 0 saturated carbocycles. The summed E-state index contributed by atoms with van der Waals surface area (Å²) in [6.45, 7) is 3.17. The second-order valence-corrected chi connectivity index (χ2v) is 8.69. The van der Waals surface area contributed by atoms with E-state index in [1.807, 2.05) is 30.3 Å². The second-order valence-electron chi connectivity index (χ2n) is 5.71. The summed E-state index contributed by atoms with van der Waals surface area (Å²) in [4.78, 5) is 25.2. The van der Waals surface area contributed by atoms with Crippen LogP contribution in [0.15, 0.2) is 64.4 Å². The van der Waals surface area contributed by atoms with Gasteiger partial charge < -0.3 is 10.1 Å². The monoisotopic (exact) mass is 408 g/mol. The van der Waals surface area contributed by atoms with Gasteiger partial charge in [0.2, 0.25) is 10.0 Å². The number of primary sulfonamides is 1. The molecule has 7 nitrogen and oxygen atoms in total. The molecule has 2 aromatic carbocycles. The van der Waals surface area contributed by atoms with Crippen LogP contribution in [0.1, 0.15) is 13.8 Å². The Morgan fingerprint density at radius 2 is 1.63 bits per heavy atom. The highest BCUT2D eigenvalue weighted by atomic mass is 32.2. The normalized spacial score (nSPS) is 13.4. The van der Waals surface area contributed by atoms with E-state index in [0.717, 1.165) is 4.90 Å². The summed E-state index contributed by atoms with van der Waals surface area (Å²) in [5.41, 5.74) is 0.363. The van der Waals surface area contributed by atoms with Crippen molar-refractivity contribution in [3.05, 3.63) is 54.6 Å². The molecule has 27 heavy (non-hydrogen) atoms. The fourth-order valence-corrected chi connectivity index (χ4v) is 3.44. The van der Waals surface area contributed by atoms with Crippen molar-refractivity contribution in [2.45, 2.75) is 35.0 Å². The lowest BCUT2D eigenvalue weighted by molar-refractivity contribution is -0.152. The van der Waals surface area contributed by atoms with E-state index in [9.17, 15) is 18.0 Å². The number of hydrogen-bond acceptors (Lipinski definition) is 6. The molecule has 2 aromatic rings. The van der Waals surface area contributed by atoms with E-state index >= 15 is 0 Å². The maximum absolute atomic E-state index is 12.2. The van der Waals surface area contributed by atoms with Crippen LogP contribution in [-0.2, 0) is 24.3 Å². The maximum atomic E-state index is 12.2. The minimum absolute atomic E-state index is 0.0632. The first kappa shape index (κ1) is 20.9. The van der Waals surface area contributed by atoms with Crippen LogP contribution in [0, 0.1) is 0 Å². The number of esters is 1. The molecule has 0 fully saturated rings. The third kappa shape index (κ3) is 6.38. The fraction of sp³-hybridized carbons (Fsp3) is 0.222. The van der Waals surface area contributed by atoms with Gasteiger partial charge in [0.1, 0.15) is 5.25 Å². The van der Waals surface area contributed by atoms with Crippen LogP contribution in [-0.4, -0.2) is 31.6 Å². The van der Waals surface area contributed by atoms with Gasteiger partial charge in [-0.2, -0.15) is 0 Å². The van der Waals surface area contributed by atoms with Crippen LogP contribution in [0.2, 0.25) is 0 Å². The van der Waals surface area contributed by atoms with Gasteiger partial charge >= 0.3 is 5.97 Å². The number of nitrogens with one attached hydrogen (secondary N) is 1. The Bertz CT molecular complexity index is 899. The number of ether oxygens (including phenoxy) is 1. The zero-order chi connectivity index (χ0) is 20.0. The molecule has 0 unspecified atom stereocenters. The van der Waals surface area contributed by atoms with E-state index in [1.54, 1.807) is 6.92 Å². The van der Waals surface area contributed by atoms with Crippen LogP contribution in [0.5, 0.6) is 0 Å². The number of sulfonamides is 1. The topological polar surface area (TPSA) is 116 Å². The molecular weight excluding hydrogens is 388 g/mol. The molecule has 0 aliphatic heterocycles. The van der Waals surface area contributed by atoms with Crippen LogP contribution in [0.3, 0.4) is 0 Å². The van der Waals surface area contributed by atoms with E-state index in [4.69, 9.17) is 9.88 Å². The lowest BCUT2D eigenvalue weighted by Crippen LogP contribution is -2.32. The molecule has 0 radical (unpaired) electrons. The molecule has 144 valence electrons. The number of rotatable bonds is 7. The van der Waals surface area contributed by atoms with Gasteiger partial charge in [0.05, 0.1) is 4.90 Å². The average Bonchev–Trinajstić information content (AvgIpc) is 2.62. The quantitative estimate of drug-likeness (QED) is 0.537. The minimum atomic E-state index is -3.80. The smallest absolute Gasteiger partial charge is 0.319 e. The molecule has 9 heteroatoms. The van der Waals surface area contributed by atoms with Gasteiger partial charge in [-0.3, -0.25) is 9.59 Å². The highest BCUT2D eigenvalue weighted by Gasteiger charge is 2.23. The Balaban J connectivity index is 1.90. The highest BCUT2D eigenvalue weighted by Crippen LogP contribution is 2.24. The van der Waals surface area contributed by atoms with Crippen LogP contribution < -0.4 is 10.5 Å². The van der Waals surface area contributed by atoms with E-state index in [-0.39, 0.29) is 4.90 Å². The first-order valence-electron chi connectivity index (χ1n) is 8.03. The van der Waals surface area contributed by atoms with Crippen molar-refractivity contribution in [1.29, 1.82) is 0 Å². The Morgan fingerprint density at radius 1 is 1.04 bits per heavy atom. The number of benzene rings is 2. The number of carbonyl (C=O) groups is 2. The zero-order valence-electron chi connectivity index (χ0n) is 14.8. The molecular formula is C18H20N2O5S2. The third-order valence-corrected chi connectivity index (χ3v) is 5.52. The Morgan fingerprint density at radius 3 is 2.19 bits per heavy atom. The van der Waals surface area contributed by atoms with Crippen LogP contribution >= 0.6 is 11.8 Å². The molecule has 0 aromatic heterocycles. The predicted octanol–water partition coefficient (Wildman–Crippen LogP) is 2.38. The van der Waals surface area contributed by atoms with Gasteiger partial charge in [-0.05, 0) is 50.2 Å². The molecule has 0 aliphatic carbocycles. The Kier molecular flexibility index (Phi) is 7.00. The molecule has 0 spiro atoms. The average molecular weight is 409 g/mol. The van der Waals surface area contributed by atoms with E-state index in [0.29, 0.717) is 5.69 Å². The van der Waals surface area contributed by atoms with Crippen molar-refractivity contribution in [2.75, 3.05) is 5.32 Å². The van der Waals surface area contributed by atoms with E-state index in [1.165, 1.54) is 43.0 Å². The first-order valence-corrected chi connectivity index (χ1v) is 10.5. The van der Waals surface area contributed by atoms with Gasteiger partial charge in [-0.15, -0.1) is 11.8 Å². The van der Waals surface area contributed by atoms with Crippen molar-refractivity contribution >= 4 is 39.3 Å². The lowest BCUT2D eigenvalue weighted by atomic mass is 10.3. The molecule has 0 heterocycles. The molecule has 0 aliphatic rings. The molecule has 0 saturated heterocycles. The molecule has 2 atom stereocenters. The predicted molar refractivity (Wildman–Crippen MR) is 104 cm³/mol. The first-order chi connectivity index (χ1) is 12.7. The Hall–Kier alpha value is -2.36. The standard InChI is InChI=1S/C18H20N2O5S2/c1-12(25-18(22)13(2)26-15-6-4-3-5-7-15)17(21)20-14-8-10-16(11-9-14)27(19,23)24/h3-13H,1-2H3,(H,20,21)(H2,19,23,24)/t12-,13-/m1/s1. The summed E-state index contributed by atoms with van der Waals surface area (Å²) in [6, 6.07) is 14.8. The van der Waals surface area contributed by atoms with Gasteiger partial charge in [0, 0.05) is 10.6 Å². The van der Waals surface area contributed by atoms with Gasteiger partial charge in [0.25, 0.3) is 5.91 Å². The molecule has 1 amide bonds. The van der Waals surface area contributed by atoms with E-state index in [2.05, 4.69) is 5.32 Å². The fourth-order valence-electron chi connectivity index (χ4n) is 2.05. The molecule has 0 bridgehead atoms. The van der Waals surface area contributed by atoms with Crippen molar-refractivity contribution < 1.29 is 22.7 Å². The minimum Gasteiger partial charge on any atom is -0.452 e. The Labute approximate surface area is 162 Å². The highest BCUT2D eigenvalue weighted by molar-refractivity contribution is 8.00. The number of carbonyl (C=O) groups excluding carboxylic acids is 2. The summed E-state index contributed by atoms with van der Waals surface area (Å²) >= 11 is 1.34. The summed E-state index contributed by atoms with van der Waals surface area (Å²) in [5, 5.41) is 7.10. The number of amides is 1. The summed E-state index contributed by atoms with van der Waals surface area (Å²) < 4.78 is 27.7. The van der Waals surface area contributed by atoms with Crippen molar-refractivity contribution in [3.8, 4) is 0 Å². The van der Waals surface area contributed by atoms with Gasteiger partial charge in [-0.25, -0.2) is 13.6 Å². The van der Waals surface area contributed by atoms with Crippen molar-refractivity contribution in [2.24, 2.45) is 5.14 Å². The zero-order valence-corrected chi connectivity index (χ0v) is 16.4. The largest absolute Gasteiger partial charge is 0.452 e. The summed E-state index contributed by atoms with van der Waals surface area (Å²) in [7, 11) is -3.80. The third-order valence-electron chi connectivity index (χ3n) is 3.50. The van der Waals surface area contributed by atoms with Crippen LogP contribution in [0.25, 0.3) is 0 Å². The SMILES string of the molecule is C[C@@H](OC(=O)[C@@H](C)Sc1ccccc1)C(=O)Nc1ccc(S(N)(=O)=O)cc1. The number of nitrogens with two attached hydrogens (primary N) is 1. The van der Waals surface area contributed by atoms with Crippen LogP contribution in [0.4, 0.5) is 5.69 Å².